The second kappa shape index (κ2) is 10.4. The van der Waals surface area contributed by atoms with Crippen molar-refractivity contribution in [2.75, 3.05) is 4.72 Å². The monoisotopic (exact) mass is 507 g/mol. The van der Waals surface area contributed by atoms with Crippen LogP contribution >= 0.6 is 11.6 Å². The van der Waals surface area contributed by atoms with Gasteiger partial charge in [0.25, 0.3) is 15.7 Å². The van der Waals surface area contributed by atoms with Gasteiger partial charge < -0.3 is 0 Å². The Balaban J connectivity index is 1.67. The SMILES string of the molecule is O=[N+]([O-])c1ccc(N=NCc2ccccc2-c2cccnc2)c(S(=O)(=O)Nc2ccccc2Cl)c1. The Morgan fingerprint density at radius 3 is 2.51 bits per heavy atom. The van der Waals surface area contributed by atoms with Gasteiger partial charge in [-0.15, -0.1) is 0 Å². The smallest absolute Gasteiger partial charge is 0.270 e. The van der Waals surface area contributed by atoms with Gasteiger partial charge in [0.1, 0.15) is 10.6 Å². The topological polar surface area (TPSA) is 127 Å². The molecule has 0 saturated carbocycles. The molecule has 3 aromatic carbocycles. The third-order valence-electron chi connectivity index (χ3n) is 4.97. The molecule has 1 heterocycles. The van der Waals surface area contributed by atoms with Gasteiger partial charge in [-0.2, -0.15) is 10.2 Å². The highest BCUT2D eigenvalue weighted by Gasteiger charge is 2.23. The van der Waals surface area contributed by atoms with Crippen molar-refractivity contribution in [3.05, 3.63) is 112 Å². The standard InChI is InChI=1S/C24H18ClN5O4S/c25-21-9-3-4-10-22(21)29-35(33,34)24-14-19(30(31)32)11-12-23(24)28-27-16-18-6-1-2-8-20(18)17-7-5-13-26-15-17/h1-15,29H,16H2. The molecule has 4 rings (SSSR count). The minimum Gasteiger partial charge on any atom is -0.278 e. The molecule has 0 spiro atoms. The second-order valence-electron chi connectivity index (χ2n) is 7.29. The zero-order valence-corrected chi connectivity index (χ0v) is 19.6. The fourth-order valence-corrected chi connectivity index (χ4v) is 4.78. The number of nitro groups is 1. The first-order valence-corrected chi connectivity index (χ1v) is 12.1. The predicted molar refractivity (Wildman–Crippen MR) is 133 cm³/mol. The lowest BCUT2D eigenvalue weighted by molar-refractivity contribution is -0.385. The lowest BCUT2D eigenvalue weighted by Crippen LogP contribution is -2.13. The van der Waals surface area contributed by atoms with Gasteiger partial charge in [-0.1, -0.05) is 54.1 Å². The van der Waals surface area contributed by atoms with Crippen molar-refractivity contribution in [1.82, 2.24) is 4.98 Å². The van der Waals surface area contributed by atoms with Crippen LogP contribution in [0.2, 0.25) is 5.02 Å². The van der Waals surface area contributed by atoms with Gasteiger partial charge in [0.2, 0.25) is 0 Å². The molecule has 0 radical (unpaired) electrons. The number of nitrogens with zero attached hydrogens (tertiary/aromatic N) is 4. The van der Waals surface area contributed by atoms with Crippen molar-refractivity contribution in [3.63, 3.8) is 0 Å². The predicted octanol–water partition coefficient (Wildman–Crippen LogP) is 6.39. The molecule has 0 aliphatic heterocycles. The van der Waals surface area contributed by atoms with E-state index in [1.807, 2.05) is 36.4 Å². The van der Waals surface area contributed by atoms with Crippen molar-refractivity contribution >= 4 is 38.7 Å². The number of anilines is 1. The average Bonchev–Trinajstić information content (AvgIpc) is 2.86. The van der Waals surface area contributed by atoms with E-state index in [9.17, 15) is 18.5 Å². The molecule has 0 atom stereocenters. The number of aromatic nitrogens is 1. The fraction of sp³-hybridized carbons (Fsp3) is 0.0417. The second-order valence-corrected chi connectivity index (χ2v) is 9.35. The molecule has 11 heteroatoms. The summed E-state index contributed by atoms with van der Waals surface area (Å²) < 4.78 is 28.6. The molecule has 0 amide bonds. The van der Waals surface area contributed by atoms with E-state index in [-0.39, 0.29) is 22.9 Å². The van der Waals surface area contributed by atoms with Gasteiger partial charge in [-0.05, 0) is 35.4 Å². The maximum Gasteiger partial charge on any atom is 0.270 e. The van der Waals surface area contributed by atoms with Gasteiger partial charge in [-0.25, -0.2) is 8.42 Å². The quantitative estimate of drug-likeness (QED) is 0.168. The van der Waals surface area contributed by atoms with E-state index in [0.29, 0.717) is 0 Å². The minimum absolute atomic E-state index is 0.0472. The number of azo groups is 1. The van der Waals surface area contributed by atoms with E-state index >= 15 is 0 Å². The van der Waals surface area contributed by atoms with E-state index in [0.717, 1.165) is 22.8 Å². The van der Waals surface area contributed by atoms with E-state index in [4.69, 9.17) is 11.6 Å². The van der Waals surface area contributed by atoms with E-state index in [1.165, 1.54) is 24.3 Å². The number of sulfonamides is 1. The lowest BCUT2D eigenvalue weighted by Gasteiger charge is -2.11. The zero-order chi connectivity index (χ0) is 24.8. The van der Waals surface area contributed by atoms with Crippen molar-refractivity contribution in [2.24, 2.45) is 10.2 Å². The van der Waals surface area contributed by atoms with Crippen molar-refractivity contribution in [1.29, 1.82) is 0 Å². The summed E-state index contributed by atoms with van der Waals surface area (Å²) in [4.78, 5) is 14.4. The van der Waals surface area contributed by atoms with Crippen LogP contribution < -0.4 is 4.72 Å². The molecular weight excluding hydrogens is 490 g/mol. The van der Waals surface area contributed by atoms with Gasteiger partial charge >= 0.3 is 0 Å². The molecule has 176 valence electrons. The normalized spacial score (nSPS) is 11.5. The molecule has 9 nitrogen and oxygen atoms in total. The van der Waals surface area contributed by atoms with Crippen LogP contribution in [0.15, 0.2) is 106 Å². The zero-order valence-electron chi connectivity index (χ0n) is 18.1. The summed E-state index contributed by atoms with van der Waals surface area (Å²) in [5.41, 5.74) is 2.36. The molecule has 4 aromatic rings. The van der Waals surface area contributed by atoms with Crippen LogP contribution in [-0.2, 0) is 16.6 Å². The molecule has 1 N–H and O–H groups in total. The lowest BCUT2D eigenvalue weighted by atomic mass is 10.0. The van der Waals surface area contributed by atoms with E-state index in [2.05, 4.69) is 19.9 Å². The summed E-state index contributed by atoms with van der Waals surface area (Å²) in [6.07, 6.45) is 3.41. The van der Waals surface area contributed by atoms with Crippen LogP contribution in [0.1, 0.15) is 5.56 Å². The first-order valence-electron chi connectivity index (χ1n) is 10.3. The Morgan fingerprint density at radius 1 is 1.00 bits per heavy atom. The van der Waals surface area contributed by atoms with Crippen molar-refractivity contribution in [3.8, 4) is 11.1 Å². The van der Waals surface area contributed by atoms with Crippen LogP contribution in [0.25, 0.3) is 11.1 Å². The summed E-state index contributed by atoms with van der Waals surface area (Å²) in [5, 5.41) is 19.8. The summed E-state index contributed by atoms with van der Waals surface area (Å²) in [6, 6.07) is 20.9. The van der Waals surface area contributed by atoms with Crippen molar-refractivity contribution < 1.29 is 13.3 Å². The third kappa shape index (κ3) is 5.68. The molecule has 35 heavy (non-hydrogen) atoms. The van der Waals surface area contributed by atoms with Crippen LogP contribution in [0.3, 0.4) is 0 Å². The Kier molecular flexibility index (Phi) is 7.14. The van der Waals surface area contributed by atoms with Crippen LogP contribution in [0.4, 0.5) is 17.1 Å². The Hall–Kier alpha value is -4.15. The van der Waals surface area contributed by atoms with Crippen molar-refractivity contribution in [2.45, 2.75) is 11.4 Å². The highest BCUT2D eigenvalue weighted by Crippen LogP contribution is 2.32. The Morgan fingerprint density at radius 2 is 1.77 bits per heavy atom. The number of para-hydroxylation sites is 1. The Labute approximate surface area is 206 Å². The summed E-state index contributed by atoms with van der Waals surface area (Å²) in [6.45, 7) is 0.152. The average molecular weight is 508 g/mol. The first kappa shape index (κ1) is 24.0. The molecule has 1 aromatic heterocycles. The Bertz CT molecular complexity index is 1510. The molecule has 0 aliphatic rings. The number of nitrogens with one attached hydrogen (secondary N) is 1. The number of hydrogen-bond donors (Lipinski definition) is 1. The van der Waals surface area contributed by atoms with Crippen LogP contribution in [-0.4, -0.2) is 18.3 Å². The molecule has 0 fully saturated rings. The summed E-state index contributed by atoms with van der Waals surface area (Å²) in [5.74, 6) is 0. The van der Waals surface area contributed by atoms with Gasteiger partial charge in [0, 0.05) is 30.1 Å². The van der Waals surface area contributed by atoms with Crippen LogP contribution in [0, 0.1) is 10.1 Å². The maximum absolute atomic E-state index is 13.1. The number of benzene rings is 3. The fourth-order valence-electron chi connectivity index (χ4n) is 3.31. The number of pyridine rings is 1. The molecular formula is C24H18ClN5O4S. The number of halogens is 1. The molecule has 0 aliphatic carbocycles. The van der Waals surface area contributed by atoms with Gasteiger partial charge in [-0.3, -0.25) is 19.8 Å². The van der Waals surface area contributed by atoms with E-state index in [1.54, 1.807) is 24.5 Å². The number of hydrogen-bond acceptors (Lipinski definition) is 7. The number of non-ortho nitro benzene ring substituents is 1. The molecule has 0 saturated heterocycles. The van der Waals surface area contributed by atoms with Gasteiger partial charge in [0.15, 0.2) is 0 Å². The highest BCUT2D eigenvalue weighted by molar-refractivity contribution is 7.92. The molecule has 0 bridgehead atoms. The number of rotatable bonds is 8. The first-order chi connectivity index (χ1) is 16.8. The maximum atomic E-state index is 13.1. The van der Waals surface area contributed by atoms with Crippen LogP contribution in [0.5, 0.6) is 0 Å². The highest BCUT2D eigenvalue weighted by atomic mass is 35.5. The van der Waals surface area contributed by atoms with Gasteiger partial charge in [0.05, 0.1) is 22.2 Å². The third-order valence-corrected chi connectivity index (χ3v) is 6.70. The summed E-state index contributed by atoms with van der Waals surface area (Å²) in [7, 11) is -4.27. The van der Waals surface area contributed by atoms with E-state index < -0.39 is 25.5 Å². The minimum atomic E-state index is -4.27. The largest absolute Gasteiger partial charge is 0.278 e. The molecule has 0 unspecified atom stereocenters. The summed E-state index contributed by atoms with van der Waals surface area (Å²) >= 11 is 6.07. The number of nitro benzene ring substituents is 1.